The molecule has 0 aromatic heterocycles. The summed E-state index contributed by atoms with van der Waals surface area (Å²) in [5.74, 6) is 0. The van der Waals surface area contributed by atoms with Crippen molar-refractivity contribution in [3.05, 3.63) is 0 Å². The van der Waals surface area contributed by atoms with Gasteiger partial charge in [0.2, 0.25) is 0 Å². The molecule has 0 bridgehead atoms. The van der Waals surface area contributed by atoms with E-state index >= 15 is 0 Å². The van der Waals surface area contributed by atoms with Gasteiger partial charge >= 0.3 is 0 Å². The first-order valence-corrected chi connectivity index (χ1v) is 3.72. The van der Waals surface area contributed by atoms with Crippen LogP contribution in [0.4, 0.5) is 0 Å². The van der Waals surface area contributed by atoms with Crippen molar-refractivity contribution in [2.24, 2.45) is 0 Å². The van der Waals surface area contributed by atoms with Crippen molar-refractivity contribution in [2.45, 2.75) is 26.1 Å². The molecule has 0 rings (SSSR count). The van der Waals surface area contributed by atoms with Crippen LogP contribution in [0.3, 0.4) is 0 Å². The largest absolute Gasteiger partial charge is 0.391 e. The van der Waals surface area contributed by atoms with Crippen molar-refractivity contribution in [3.63, 3.8) is 0 Å². The molecule has 6 nitrogen and oxygen atoms in total. The molecule has 74 valence electrons. The molecule has 0 aromatic rings. The molecular formula is C6H16N2O4. The molecule has 0 heterocycles. The second-order valence-electron chi connectivity index (χ2n) is 2.52. The number of hydrazine groups is 1. The third kappa shape index (κ3) is 9.76. The SMILES string of the molecule is CC(O)CONNOCC(C)O. The van der Waals surface area contributed by atoms with Crippen molar-refractivity contribution in [3.8, 4) is 0 Å². The average Bonchev–Trinajstić information content (AvgIpc) is 1.95. The van der Waals surface area contributed by atoms with Crippen LogP contribution in [-0.4, -0.2) is 35.6 Å². The Bertz CT molecular complexity index is 87.5. The van der Waals surface area contributed by atoms with Gasteiger partial charge in [0.05, 0.1) is 25.4 Å². The van der Waals surface area contributed by atoms with E-state index in [1.807, 2.05) is 0 Å². The van der Waals surface area contributed by atoms with Crippen LogP contribution < -0.4 is 11.2 Å². The smallest absolute Gasteiger partial charge is 0.0956 e. The predicted octanol–water partition coefficient (Wildman–Crippen LogP) is -1.29. The van der Waals surface area contributed by atoms with Gasteiger partial charge in [-0.3, -0.25) is 9.68 Å². The highest BCUT2D eigenvalue weighted by molar-refractivity contribution is 4.38. The second-order valence-corrected chi connectivity index (χ2v) is 2.52. The van der Waals surface area contributed by atoms with Crippen LogP contribution in [0.15, 0.2) is 0 Å². The van der Waals surface area contributed by atoms with Crippen LogP contribution in [0.25, 0.3) is 0 Å². The quantitative estimate of drug-likeness (QED) is 0.288. The minimum Gasteiger partial charge on any atom is -0.391 e. The Kier molecular flexibility index (Phi) is 7.26. The molecule has 0 aliphatic carbocycles. The van der Waals surface area contributed by atoms with E-state index in [4.69, 9.17) is 10.2 Å². The molecule has 12 heavy (non-hydrogen) atoms. The number of nitrogens with one attached hydrogen (secondary N) is 2. The standard InChI is InChI=1S/C6H16N2O4/c1-5(9)3-11-7-8-12-4-6(2)10/h5-10H,3-4H2,1-2H3. The van der Waals surface area contributed by atoms with E-state index in [0.717, 1.165) is 0 Å². The third-order valence-electron chi connectivity index (χ3n) is 0.835. The Morgan fingerprint density at radius 1 is 1.00 bits per heavy atom. The summed E-state index contributed by atoms with van der Waals surface area (Å²) < 4.78 is 0. The first-order valence-electron chi connectivity index (χ1n) is 3.72. The lowest BCUT2D eigenvalue weighted by molar-refractivity contribution is -0.134. The van der Waals surface area contributed by atoms with Gasteiger partial charge in [0.1, 0.15) is 0 Å². The highest BCUT2D eigenvalue weighted by Gasteiger charge is 1.95. The molecule has 2 atom stereocenters. The van der Waals surface area contributed by atoms with Gasteiger partial charge in [-0.2, -0.15) is 0 Å². The molecule has 0 amide bonds. The van der Waals surface area contributed by atoms with Crippen molar-refractivity contribution in [2.75, 3.05) is 13.2 Å². The lowest BCUT2D eigenvalue weighted by Gasteiger charge is -2.09. The fraction of sp³-hybridized carbons (Fsp3) is 1.00. The number of rotatable bonds is 7. The fourth-order valence-electron chi connectivity index (χ4n) is 0.383. The Balaban J connectivity index is 2.91. The summed E-state index contributed by atoms with van der Waals surface area (Å²) in [4.78, 5) is 9.32. The summed E-state index contributed by atoms with van der Waals surface area (Å²) in [7, 11) is 0. The van der Waals surface area contributed by atoms with Gasteiger partial charge in [0.15, 0.2) is 0 Å². The lowest BCUT2D eigenvalue weighted by atomic mass is 10.5. The van der Waals surface area contributed by atoms with E-state index in [2.05, 4.69) is 20.9 Å². The van der Waals surface area contributed by atoms with E-state index in [1.54, 1.807) is 13.8 Å². The highest BCUT2D eigenvalue weighted by atomic mass is 16.8. The van der Waals surface area contributed by atoms with E-state index in [-0.39, 0.29) is 13.2 Å². The summed E-state index contributed by atoms with van der Waals surface area (Å²) in [6.45, 7) is 3.51. The van der Waals surface area contributed by atoms with Gasteiger partial charge in [-0.25, -0.2) is 0 Å². The zero-order valence-electron chi connectivity index (χ0n) is 7.28. The van der Waals surface area contributed by atoms with E-state index in [1.165, 1.54) is 0 Å². The maximum Gasteiger partial charge on any atom is 0.0956 e. The molecule has 0 saturated heterocycles. The van der Waals surface area contributed by atoms with Gasteiger partial charge in [0, 0.05) is 0 Å². The van der Waals surface area contributed by atoms with E-state index in [9.17, 15) is 0 Å². The van der Waals surface area contributed by atoms with Crippen molar-refractivity contribution >= 4 is 0 Å². The number of hydrogen-bond donors (Lipinski definition) is 4. The molecule has 2 unspecified atom stereocenters. The van der Waals surface area contributed by atoms with Crippen LogP contribution >= 0.6 is 0 Å². The molecule has 0 spiro atoms. The molecule has 6 heteroatoms. The number of aliphatic hydroxyl groups excluding tert-OH is 2. The Morgan fingerprint density at radius 3 is 1.58 bits per heavy atom. The molecule has 4 N–H and O–H groups in total. The van der Waals surface area contributed by atoms with Crippen molar-refractivity contribution in [1.82, 2.24) is 11.2 Å². The van der Waals surface area contributed by atoms with Crippen LogP contribution in [0.5, 0.6) is 0 Å². The van der Waals surface area contributed by atoms with Crippen LogP contribution in [0.2, 0.25) is 0 Å². The third-order valence-corrected chi connectivity index (χ3v) is 0.835. The molecule has 0 aliphatic heterocycles. The van der Waals surface area contributed by atoms with Crippen LogP contribution in [0, 0.1) is 0 Å². The Morgan fingerprint density at radius 2 is 1.33 bits per heavy atom. The summed E-state index contributed by atoms with van der Waals surface area (Å²) in [5, 5.41) is 17.4. The maximum absolute atomic E-state index is 8.72. The Labute approximate surface area is 71.4 Å². The van der Waals surface area contributed by atoms with Crippen molar-refractivity contribution < 1.29 is 19.9 Å². The predicted molar refractivity (Wildman–Crippen MR) is 41.5 cm³/mol. The fourth-order valence-corrected chi connectivity index (χ4v) is 0.383. The normalized spacial score (nSPS) is 16.0. The second kappa shape index (κ2) is 7.41. The van der Waals surface area contributed by atoms with Gasteiger partial charge in [-0.05, 0) is 13.8 Å². The Hall–Kier alpha value is -0.240. The summed E-state index contributed by atoms with van der Waals surface area (Å²) in [6, 6.07) is 0. The molecule has 0 saturated carbocycles. The molecule has 0 aliphatic rings. The molecule has 0 radical (unpaired) electrons. The zero-order chi connectivity index (χ0) is 9.40. The zero-order valence-corrected chi connectivity index (χ0v) is 7.28. The van der Waals surface area contributed by atoms with Gasteiger partial charge in [-0.15, -0.1) is 11.2 Å². The minimum atomic E-state index is -0.531. The van der Waals surface area contributed by atoms with Crippen LogP contribution in [0.1, 0.15) is 13.8 Å². The van der Waals surface area contributed by atoms with Gasteiger partial charge in [-0.1, -0.05) is 0 Å². The lowest BCUT2D eigenvalue weighted by Crippen LogP contribution is -2.35. The molecular weight excluding hydrogens is 164 g/mol. The molecule has 0 aromatic carbocycles. The van der Waals surface area contributed by atoms with Crippen molar-refractivity contribution in [1.29, 1.82) is 0 Å². The summed E-state index contributed by atoms with van der Waals surface area (Å²) >= 11 is 0. The average molecular weight is 180 g/mol. The van der Waals surface area contributed by atoms with E-state index in [0.29, 0.717) is 0 Å². The summed E-state index contributed by atoms with van der Waals surface area (Å²) in [5.41, 5.74) is 4.46. The molecule has 0 fully saturated rings. The number of hydrogen-bond acceptors (Lipinski definition) is 6. The van der Waals surface area contributed by atoms with Gasteiger partial charge < -0.3 is 10.2 Å². The highest BCUT2D eigenvalue weighted by Crippen LogP contribution is 1.79. The maximum atomic E-state index is 8.72. The van der Waals surface area contributed by atoms with Crippen LogP contribution in [-0.2, 0) is 9.68 Å². The van der Waals surface area contributed by atoms with Gasteiger partial charge in [0.25, 0.3) is 0 Å². The minimum absolute atomic E-state index is 0.158. The number of aliphatic hydroxyl groups is 2. The first-order chi connectivity index (χ1) is 5.63. The summed E-state index contributed by atoms with van der Waals surface area (Å²) in [6.07, 6.45) is -1.06. The topological polar surface area (TPSA) is 83.0 Å². The van der Waals surface area contributed by atoms with E-state index < -0.39 is 12.2 Å². The monoisotopic (exact) mass is 180 g/mol. The first kappa shape index (κ1) is 11.8.